The highest BCUT2D eigenvalue weighted by Crippen LogP contribution is 2.17. The van der Waals surface area contributed by atoms with Crippen LogP contribution in [0, 0.1) is 10.1 Å². The minimum Gasteiger partial charge on any atom is -0.443 e. The molecular formula is C19H19N3O6. The summed E-state index contributed by atoms with van der Waals surface area (Å²) in [6.07, 6.45) is 0.724. The maximum Gasteiger partial charge on any atom is 0.428 e. The summed E-state index contributed by atoms with van der Waals surface area (Å²) in [6, 6.07) is 11.6. The Morgan fingerprint density at radius 3 is 2.43 bits per heavy atom. The van der Waals surface area contributed by atoms with Crippen LogP contribution in [-0.4, -0.2) is 28.8 Å². The van der Waals surface area contributed by atoms with Gasteiger partial charge in [0.15, 0.2) is 0 Å². The van der Waals surface area contributed by atoms with Gasteiger partial charge in [-0.2, -0.15) is 5.10 Å². The Bertz CT molecular complexity index is 901. The van der Waals surface area contributed by atoms with E-state index in [1.165, 1.54) is 36.5 Å². The second-order valence-corrected chi connectivity index (χ2v) is 6.64. The average molecular weight is 385 g/mol. The second kappa shape index (κ2) is 8.76. The minimum absolute atomic E-state index is 0.0707. The summed E-state index contributed by atoms with van der Waals surface area (Å²) in [7, 11) is 0. The average Bonchev–Trinajstić information content (AvgIpc) is 2.61. The van der Waals surface area contributed by atoms with Crippen molar-refractivity contribution < 1.29 is 24.0 Å². The molecule has 0 heterocycles. The van der Waals surface area contributed by atoms with E-state index in [1.807, 2.05) is 0 Å². The van der Waals surface area contributed by atoms with Gasteiger partial charge in [0.2, 0.25) is 0 Å². The third kappa shape index (κ3) is 6.52. The molecule has 1 N–H and O–H groups in total. The number of nitrogens with one attached hydrogen (secondary N) is 1. The van der Waals surface area contributed by atoms with Gasteiger partial charge in [-0.1, -0.05) is 6.07 Å². The molecule has 0 spiro atoms. The number of carbonyl (C=O) groups is 2. The van der Waals surface area contributed by atoms with Crippen molar-refractivity contribution in [3.05, 3.63) is 69.8 Å². The monoisotopic (exact) mass is 385 g/mol. The first-order valence-corrected chi connectivity index (χ1v) is 8.23. The number of non-ortho nitro benzene ring substituents is 1. The molecule has 0 aliphatic rings. The highest BCUT2D eigenvalue weighted by Gasteiger charge is 2.15. The summed E-state index contributed by atoms with van der Waals surface area (Å²) < 4.78 is 10.2. The van der Waals surface area contributed by atoms with Crippen LogP contribution < -0.4 is 10.2 Å². The largest absolute Gasteiger partial charge is 0.443 e. The van der Waals surface area contributed by atoms with Gasteiger partial charge < -0.3 is 9.47 Å². The van der Waals surface area contributed by atoms with Crippen molar-refractivity contribution in [2.24, 2.45) is 5.10 Å². The lowest BCUT2D eigenvalue weighted by Crippen LogP contribution is -2.29. The fourth-order valence-electron chi connectivity index (χ4n) is 1.99. The lowest BCUT2D eigenvalue weighted by Gasteiger charge is -2.18. The first-order valence-electron chi connectivity index (χ1n) is 8.23. The molecule has 1 amide bonds. The van der Waals surface area contributed by atoms with Crippen LogP contribution in [0.3, 0.4) is 0 Å². The van der Waals surface area contributed by atoms with Gasteiger partial charge in [-0.05, 0) is 56.7 Å². The lowest BCUT2D eigenvalue weighted by atomic mass is 10.2. The summed E-state index contributed by atoms with van der Waals surface area (Å²) in [6.45, 7) is 5.22. The Labute approximate surface area is 161 Å². The number of hydrogen-bond donors (Lipinski definition) is 1. The number of hydrogen-bond acceptors (Lipinski definition) is 7. The Hall–Kier alpha value is -3.75. The van der Waals surface area contributed by atoms with Crippen molar-refractivity contribution in [1.82, 2.24) is 5.43 Å². The fraction of sp³-hybridized carbons (Fsp3) is 0.211. The molecule has 9 nitrogen and oxygen atoms in total. The molecular weight excluding hydrogens is 366 g/mol. The van der Waals surface area contributed by atoms with E-state index in [2.05, 4.69) is 10.5 Å². The predicted octanol–water partition coefficient (Wildman–Crippen LogP) is 3.67. The number of benzene rings is 2. The molecule has 0 saturated heterocycles. The van der Waals surface area contributed by atoms with Gasteiger partial charge >= 0.3 is 12.1 Å². The Kier molecular flexibility index (Phi) is 6.43. The third-order valence-electron chi connectivity index (χ3n) is 3.15. The van der Waals surface area contributed by atoms with E-state index in [9.17, 15) is 19.7 Å². The number of nitro benzene ring substituents is 1. The quantitative estimate of drug-likeness (QED) is 0.276. The number of nitrogens with zero attached hydrogens (tertiary/aromatic N) is 2. The van der Waals surface area contributed by atoms with Crippen LogP contribution in [-0.2, 0) is 4.74 Å². The normalized spacial score (nSPS) is 11.1. The predicted molar refractivity (Wildman–Crippen MR) is 101 cm³/mol. The molecule has 0 bridgehead atoms. The summed E-state index contributed by atoms with van der Waals surface area (Å²) in [5.74, 6) is -0.453. The molecule has 2 aromatic rings. The van der Waals surface area contributed by atoms with Crippen LogP contribution in [0.15, 0.2) is 53.6 Å². The standard InChI is InChI=1S/C19H19N3O6/c1-19(2,3)28-18(24)21-20-12-13-7-9-16(10-8-13)27-17(23)14-5-4-6-15(11-14)22(25)26/h4-12H,1-3H3,(H,21,24)/b20-12-. The lowest BCUT2D eigenvalue weighted by molar-refractivity contribution is -0.384. The van der Waals surface area contributed by atoms with Crippen LogP contribution in [0.2, 0.25) is 0 Å². The van der Waals surface area contributed by atoms with Gasteiger partial charge in [0.1, 0.15) is 11.4 Å². The maximum absolute atomic E-state index is 12.1. The highest BCUT2D eigenvalue weighted by atomic mass is 16.6. The number of amides is 1. The Morgan fingerprint density at radius 1 is 1.14 bits per heavy atom. The zero-order valence-corrected chi connectivity index (χ0v) is 15.5. The molecule has 146 valence electrons. The third-order valence-corrected chi connectivity index (χ3v) is 3.15. The summed E-state index contributed by atoms with van der Waals surface area (Å²) in [5, 5.41) is 14.5. The number of esters is 1. The van der Waals surface area contributed by atoms with Gasteiger partial charge in [-0.25, -0.2) is 15.0 Å². The molecule has 0 aromatic heterocycles. The van der Waals surface area contributed by atoms with E-state index in [0.29, 0.717) is 5.56 Å². The van der Waals surface area contributed by atoms with Crippen LogP contribution >= 0.6 is 0 Å². The van der Waals surface area contributed by atoms with Crippen LogP contribution in [0.5, 0.6) is 5.75 Å². The van der Waals surface area contributed by atoms with Gasteiger partial charge in [0.25, 0.3) is 5.69 Å². The highest BCUT2D eigenvalue weighted by molar-refractivity contribution is 5.91. The van der Waals surface area contributed by atoms with Crippen molar-refractivity contribution in [2.75, 3.05) is 0 Å². The van der Waals surface area contributed by atoms with Gasteiger partial charge in [0.05, 0.1) is 16.7 Å². The number of hydrazone groups is 1. The van der Waals surface area contributed by atoms with E-state index in [0.717, 1.165) is 6.07 Å². The summed E-state index contributed by atoms with van der Waals surface area (Å²) in [4.78, 5) is 33.8. The minimum atomic E-state index is -0.711. The van der Waals surface area contributed by atoms with Crippen molar-refractivity contribution >= 4 is 24.0 Å². The number of nitro groups is 1. The maximum atomic E-state index is 12.1. The van der Waals surface area contributed by atoms with Crippen LogP contribution in [0.25, 0.3) is 0 Å². The van der Waals surface area contributed by atoms with E-state index < -0.39 is 22.6 Å². The molecule has 0 aliphatic heterocycles. The molecule has 2 rings (SSSR count). The smallest absolute Gasteiger partial charge is 0.428 e. The Morgan fingerprint density at radius 2 is 1.82 bits per heavy atom. The van der Waals surface area contributed by atoms with Gasteiger partial charge in [-0.15, -0.1) is 0 Å². The molecule has 0 atom stereocenters. The molecule has 0 fully saturated rings. The van der Waals surface area contributed by atoms with Crippen molar-refractivity contribution in [3.63, 3.8) is 0 Å². The second-order valence-electron chi connectivity index (χ2n) is 6.64. The number of rotatable bonds is 5. The summed E-state index contributed by atoms with van der Waals surface area (Å²) >= 11 is 0. The topological polar surface area (TPSA) is 120 Å². The van der Waals surface area contributed by atoms with Crippen LogP contribution in [0.1, 0.15) is 36.7 Å². The zero-order chi connectivity index (χ0) is 20.7. The van der Waals surface area contributed by atoms with Crippen molar-refractivity contribution in [3.8, 4) is 5.75 Å². The van der Waals surface area contributed by atoms with Gasteiger partial charge in [-0.3, -0.25) is 10.1 Å². The van der Waals surface area contributed by atoms with Crippen molar-refractivity contribution in [1.29, 1.82) is 0 Å². The Balaban J connectivity index is 1.94. The molecule has 28 heavy (non-hydrogen) atoms. The zero-order valence-electron chi connectivity index (χ0n) is 15.5. The van der Waals surface area contributed by atoms with E-state index >= 15 is 0 Å². The molecule has 0 aliphatic carbocycles. The van der Waals surface area contributed by atoms with E-state index in [4.69, 9.17) is 9.47 Å². The van der Waals surface area contributed by atoms with Crippen LogP contribution in [0.4, 0.5) is 10.5 Å². The number of ether oxygens (including phenoxy) is 2. The molecule has 0 unspecified atom stereocenters. The molecule has 9 heteroatoms. The van der Waals surface area contributed by atoms with E-state index in [1.54, 1.807) is 32.9 Å². The summed E-state index contributed by atoms with van der Waals surface area (Å²) in [5.41, 5.74) is 2.14. The first kappa shape index (κ1) is 20.6. The molecule has 2 aromatic carbocycles. The van der Waals surface area contributed by atoms with Gasteiger partial charge in [0, 0.05) is 12.1 Å². The fourth-order valence-corrected chi connectivity index (χ4v) is 1.99. The number of carbonyl (C=O) groups excluding carboxylic acids is 2. The van der Waals surface area contributed by atoms with Crippen molar-refractivity contribution in [2.45, 2.75) is 26.4 Å². The molecule has 0 radical (unpaired) electrons. The molecule has 0 saturated carbocycles. The SMILES string of the molecule is CC(C)(C)OC(=O)N/N=C\c1ccc(OC(=O)c2cccc([N+](=O)[O-])c2)cc1. The first-order chi connectivity index (χ1) is 13.1. The van der Waals surface area contributed by atoms with E-state index in [-0.39, 0.29) is 17.0 Å².